The second-order valence-electron chi connectivity index (χ2n) is 28.4. The number of carbonyl (C=O) groups is 3. The van der Waals surface area contributed by atoms with Crippen molar-refractivity contribution in [3.05, 3.63) is 203 Å². The molecule has 13 aromatic rings. The number of nitrogens with zero attached hydrogens (tertiary/aromatic N) is 11. The van der Waals surface area contributed by atoms with Gasteiger partial charge in [-0.3, -0.25) is 19.4 Å². The molecule has 25 nitrogen and oxygen atoms in total. The van der Waals surface area contributed by atoms with Crippen LogP contribution in [0.3, 0.4) is 0 Å². The molecule has 48 heteroatoms. The van der Waals surface area contributed by atoms with E-state index in [2.05, 4.69) is 131 Å². The molecule has 0 bridgehead atoms. The van der Waals surface area contributed by atoms with E-state index in [1.165, 1.54) is 78.2 Å². The van der Waals surface area contributed by atoms with Gasteiger partial charge in [0, 0.05) is 128 Å². The lowest BCUT2D eigenvalue weighted by molar-refractivity contribution is 0.0535. The fourth-order valence-corrected chi connectivity index (χ4v) is 25.7. The van der Waals surface area contributed by atoms with E-state index in [1.807, 2.05) is 45.0 Å². The lowest BCUT2D eigenvalue weighted by Crippen LogP contribution is -2.39. The molecule has 0 aliphatic carbocycles. The number of aryl methyl sites for hydroxylation is 7. The van der Waals surface area contributed by atoms with Crippen LogP contribution in [0.15, 0.2) is 122 Å². The van der Waals surface area contributed by atoms with Gasteiger partial charge in [0.15, 0.2) is 23.8 Å². The van der Waals surface area contributed by atoms with E-state index < -0.39 is 103 Å². The largest absolute Gasteiger partial charge is 0.443 e. The van der Waals surface area contributed by atoms with Crippen LogP contribution >= 0.6 is 171 Å². The maximum Gasteiger partial charge on any atom is 0.419 e. The number of amides is 2. The van der Waals surface area contributed by atoms with Crippen molar-refractivity contribution in [2.75, 3.05) is 65.6 Å². The Morgan fingerprint density at radius 1 is 0.480 bits per heavy atom. The normalized spacial score (nSPS) is 13.3. The summed E-state index contributed by atoms with van der Waals surface area (Å²) in [6.45, 7) is 19.6. The van der Waals surface area contributed by atoms with Crippen LogP contribution < -0.4 is 14.7 Å². The van der Waals surface area contributed by atoms with Gasteiger partial charge in [0.1, 0.15) is 60.1 Å². The highest BCUT2D eigenvalue weighted by atomic mass is 79.9. The first-order valence-electron chi connectivity index (χ1n) is 36.2. The maximum atomic E-state index is 14.7. The van der Waals surface area contributed by atoms with Crippen molar-refractivity contribution < 1.29 is 79.1 Å². The number of ether oxygens (including phenoxy) is 1. The van der Waals surface area contributed by atoms with Crippen molar-refractivity contribution in [2.24, 2.45) is 0 Å². The Hall–Kier alpha value is -6.75. The number of benzene rings is 3. The van der Waals surface area contributed by atoms with Gasteiger partial charge in [0.2, 0.25) is 56.7 Å². The average molecular weight is 2270 g/mol. The highest BCUT2D eigenvalue weighted by Crippen LogP contribution is 2.41. The smallest absolute Gasteiger partial charge is 0.419 e. The summed E-state index contributed by atoms with van der Waals surface area (Å²) in [5, 5.41) is 0. The minimum Gasteiger partial charge on any atom is -0.443 e. The van der Waals surface area contributed by atoms with E-state index in [0.717, 1.165) is 130 Å². The highest BCUT2D eigenvalue weighted by Gasteiger charge is 2.38. The molecule has 0 unspecified atom stereocenters. The topological polar surface area (TPSA) is 333 Å². The lowest BCUT2D eigenvalue weighted by Gasteiger charge is -2.27. The molecule has 2 N–H and O–H groups in total. The van der Waals surface area contributed by atoms with Gasteiger partial charge in [-0.1, -0.05) is 30.0 Å². The molecule has 0 spiro atoms. The number of hydrogen-bond donors (Lipinski definition) is 2. The summed E-state index contributed by atoms with van der Waals surface area (Å²) < 4.78 is 191. The molecular formula is C77H74Br5F6N13O12S12. The molecule has 0 fully saturated rings. The number of rotatable bonds is 11. The fraction of sp³-hybridized carbons (Fsp3) is 0.299. The molecule has 10 aromatic heterocycles. The van der Waals surface area contributed by atoms with E-state index in [9.17, 15) is 74.4 Å². The summed E-state index contributed by atoms with van der Waals surface area (Å²) in [4.78, 5) is 85.5. The van der Waals surface area contributed by atoms with Crippen LogP contribution in [-0.4, -0.2) is 158 Å². The first kappa shape index (κ1) is 100. The van der Waals surface area contributed by atoms with Crippen molar-refractivity contribution in [1.82, 2.24) is 49.4 Å². The van der Waals surface area contributed by atoms with Gasteiger partial charge in [-0.25, -0.2) is 104 Å². The number of H-pyrrole nitrogens is 2. The Labute approximate surface area is 790 Å². The van der Waals surface area contributed by atoms with Crippen LogP contribution in [0.1, 0.15) is 98.3 Å². The number of thiazole rings is 7. The highest BCUT2D eigenvalue weighted by molar-refractivity contribution is 9.11. The van der Waals surface area contributed by atoms with Crippen LogP contribution in [0.4, 0.5) is 48.6 Å². The molecule has 3 aliphatic rings. The second kappa shape index (κ2) is 41.1. The molecule has 0 radical (unpaired) electrons. The minimum absolute atomic E-state index is 0.0491. The number of aromatic nitrogens is 10. The second-order valence-corrected chi connectivity index (χ2v) is 51.5. The van der Waals surface area contributed by atoms with Crippen molar-refractivity contribution in [1.29, 1.82) is 0 Å². The zero-order valence-electron chi connectivity index (χ0n) is 68.3. The van der Waals surface area contributed by atoms with Crippen molar-refractivity contribution in [2.45, 2.75) is 122 Å². The van der Waals surface area contributed by atoms with Gasteiger partial charge >= 0.3 is 6.09 Å². The zero-order chi connectivity index (χ0) is 92.4. The maximum absolute atomic E-state index is 14.7. The number of aromatic amines is 2. The van der Waals surface area contributed by atoms with Crippen molar-refractivity contribution >= 4 is 245 Å². The molecule has 3 aliphatic heterocycles. The number of thioether (sulfide) groups is 1. The lowest BCUT2D eigenvalue weighted by atomic mass is 10.1. The number of fused-ring (bicyclic) bond motifs is 3. The third kappa shape index (κ3) is 24.9. The Morgan fingerprint density at radius 3 is 1.26 bits per heavy atom. The molecule has 668 valence electrons. The number of carbonyl (C=O) groups excluding carboxylic acids is 3. The van der Waals surface area contributed by atoms with Crippen LogP contribution in [0, 0.1) is 83.4 Å². The molecule has 16 rings (SSSR count). The number of hydrogen-bond acceptors (Lipinski definition) is 28. The number of halogens is 11. The summed E-state index contributed by atoms with van der Waals surface area (Å²) in [7, 11) is -13.5. The van der Waals surface area contributed by atoms with E-state index in [0.29, 0.717) is 63.3 Å². The molecule has 125 heavy (non-hydrogen) atoms. The molecule has 2 amide bonds. The third-order valence-electron chi connectivity index (χ3n) is 17.6. The number of sulfone groups is 4. The molecule has 3 aromatic carbocycles. The van der Waals surface area contributed by atoms with Crippen molar-refractivity contribution in [3.63, 3.8) is 0 Å². The van der Waals surface area contributed by atoms with Crippen LogP contribution in [-0.2, 0) is 69.9 Å². The van der Waals surface area contributed by atoms with Crippen LogP contribution in [0.25, 0.3) is 33.8 Å². The van der Waals surface area contributed by atoms with Crippen LogP contribution in [0.5, 0.6) is 0 Å². The van der Waals surface area contributed by atoms with E-state index in [4.69, 9.17) is 4.74 Å². The number of anilines is 3. The molecule has 0 atom stereocenters. The van der Waals surface area contributed by atoms with Gasteiger partial charge in [-0.05, 0) is 215 Å². The van der Waals surface area contributed by atoms with E-state index in [-0.39, 0.29) is 82.0 Å². The Morgan fingerprint density at radius 2 is 0.888 bits per heavy atom. The van der Waals surface area contributed by atoms with Gasteiger partial charge < -0.3 is 19.6 Å². The summed E-state index contributed by atoms with van der Waals surface area (Å²) in [6.07, 6.45) is 8.60. The SMILES string of the molecule is CSc1nc(Br)c(C)s1.Cc1cnc(Br)s1.Cc1sc(Br)nc1Br.Cc1sc(S(C)(=O)=O)nc1Br.Cc1sc(S(C)(=O)=O)nc1N1CCc2[nH]c(-c3c(F)cccc3F)cc2C1.Cc1sc(S(C)(=O)=O)nc1N1CCc2[nH]c(-c3c(F)cccc3F)cc2C1=O.Cc1sc(S(C)(=O)=O)nc1N1CCc2c(cc(-c3c(F)cccc3F)n2C(=O)OC(C)(C)C)C1=O. The van der Waals surface area contributed by atoms with E-state index in [1.54, 1.807) is 86.5 Å². The zero-order valence-corrected chi connectivity index (χ0v) is 86.1. The Balaban J connectivity index is 0.000000164. The molecular weight excluding hydrogens is 2200 g/mol. The third-order valence-corrected chi connectivity index (χ3v) is 36.1. The van der Waals surface area contributed by atoms with E-state index >= 15 is 0 Å². The summed E-state index contributed by atoms with van der Waals surface area (Å²) in [6, 6.07) is 15.1. The standard InChI is InChI=1S/C23H23F2N3O5S2.C18H15F2N3O3S2.C18H17F2N3O2S2.C5H6BrNO2S2.C5H6BrNS2.C4H3Br2NS.C4H4BrNS/c1-12-19(26-21(34-12)35(5,31)32)27-10-9-16-13(20(27)29)11-17(18-14(24)7-6-8-15(18)25)28(16)22(30)33-23(2,3)4;1-9-16(22-18(27-9)28(2,25)26)23-7-6-13-10(17(23)24)8-14(21-13)15-11(19)4-3-5-12(15)20;1-10-17(22-18(26-10)27(2,24)25)23-7-6-14-11(9-23)8-15(21-14)16-12(19)4-3-5-13(16)20;1-3-4(6)7-5(10-3)11(2,8)9;1-3-4(6)7-5(8-2)9-3;1-2-3(5)7-4(6)8-2;1-3-2-6-4(5)7-3/h6-8,11H,9-10H2,1-5H3;3-5,8,21H,6-7H2,1-2H3;3-5,8,21H,6-7,9H2,1-2H3;1-2H3;1-2H3;1H3;2H,1H3. The first-order valence-corrected chi connectivity index (χ1v) is 54.7. The summed E-state index contributed by atoms with van der Waals surface area (Å²) >= 11 is 27.2. The van der Waals surface area contributed by atoms with Gasteiger partial charge in [0.05, 0.1) is 44.9 Å². The summed E-state index contributed by atoms with van der Waals surface area (Å²) in [5.74, 6) is -4.32. The predicted molar refractivity (Wildman–Crippen MR) is 500 cm³/mol. The molecule has 0 saturated heterocycles. The van der Waals surface area contributed by atoms with Crippen LogP contribution in [0.2, 0.25) is 0 Å². The first-order chi connectivity index (χ1) is 58.2. The Bertz CT molecular complexity index is 6620. The Kier molecular flexibility index (Phi) is 33.0. The fourth-order valence-electron chi connectivity index (χ4n) is 12.0. The number of nitrogens with one attached hydrogen (secondary N) is 2. The van der Waals surface area contributed by atoms with Crippen molar-refractivity contribution in [3.8, 4) is 33.8 Å². The molecule has 0 saturated carbocycles. The predicted octanol–water partition coefficient (Wildman–Crippen LogP) is 21.4. The minimum atomic E-state index is -3.58. The quantitative estimate of drug-likeness (QED) is 0.0897. The average Bonchev–Trinajstić information content (AvgIpc) is 1.62. The van der Waals surface area contributed by atoms with Gasteiger partial charge in [-0.2, -0.15) is 0 Å². The van der Waals surface area contributed by atoms with Gasteiger partial charge in [-0.15, -0.1) is 79.4 Å². The summed E-state index contributed by atoms with van der Waals surface area (Å²) in [5.41, 5.74) is 1.80. The monoisotopic (exact) mass is 2260 g/mol. The molecule has 13 heterocycles. The van der Waals surface area contributed by atoms with Gasteiger partial charge in [0.25, 0.3) is 11.8 Å².